The Morgan fingerprint density at radius 1 is 1.38 bits per heavy atom. The molecule has 0 aliphatic carbocycles. The van der Waals surface area contributed by atoms with Gasteiger partial charge in [0.25, 0.3) is 0 Å². The van der Waals surface area contributed by atoms with Crippen LogP contribution in [0.2, 0.25) is 0 Å². The Labute approximate surface area is 81.2 Å². The fourth-order valence-electron chi connectivity index (χ4n) is 1.40. The Morgan fingerprint density at radius 3 is 2.77 bits per heavy atom. The van der Waals surface area contributed by atoms with Gasteiger partial charge in [-0.25, -0.2) is 0 Å². The molecule has 0 aromatic heterocycles. The lowest BCUT2D eigenvalue weighted by atomic mass is 9.99. The fourth-order valence-corrected chi connectivity index (χ4v) is 1.40. The van der Waals surface area contributed by atoms with Gasteiger partial charge in [0.1, 0.15) is 0 Å². The first-order valence-electron chi connectivity index (χ1n) is 5.03. The van der Waals surface area contributed by atoms with E-state index in [1.807, 2.05) is 7.05 Å². The Hall–Kier alpha value is -0.980. The van der Waals surface area contributed by atoms with Gasteiger partial charge in [0.15, 0.2) is 0 Å². The predicted molar refractivity (Wildman–Crippen MR) is 59.1 cm³/mol. The first kappa shape index (κ1) is 10.1. The molecule has 1 N–H and O–H groups in total. The Kier molecular flexibility index (Phi) is 3.81. The standard InChI is InChI=1S/C12H19N/c1-4-10(2)8-11-6-5-7-12(9-11)13-3/h5-7,9-10,13H,4,8H2,1-3H3. The van der Waals surface area contributed by atoms with Crippen LogP contribution >= 0.6 is 0 Å². The van der Waals surface area contributed by atoms with Gasteiger partial charge in [-0.3, -0.25) is 0 Å². The van der Waals surface area contributed by atoms with Gasteiger partial charge in [-0.2, -0.15) is 0 Å². The average Bonchev–Trinajstić information content (AvgIpc) is 2.18. The lowest BCUT2D eigenvalue weighted by molar-refractivity contribution is 0.560. The molecular weight excluding hydrogens is 158 g/mol. The minimum Gasteiger partial charge on any atom is -0.388 e. The quantitative estimate of drug-likeness (QED) is 0.744. The number of hydrogen-bond acceptors (Lipinski definition) is 1. The van der Waals surface area contributed by atoms with Crippen LogP contribution in [0.3, 0.4) is 0 Å². The first-order valence-corrected chi connectivity index (χ1v) is 5.03. The van der Waals surface area contributed by atoms with Gasteiger partial charge in [-0.05, 0) is 30.0 Å². The van der Waals surface area contributed by atoms with E-state index in [0.717, 1.165) is 5.92 Å². The molecule has 1 heteroatoms. The molecule has 0 fully saturated rings. The number of benzene rings is 1. The van der Waals surface area contributed by atoms with Gasteiger partial charge >= 0.3 is 0 Å². The Morgan fingerprint density at radius 2 is 2.15 bits per heavy atom. The maximum absolute atomic E-state index is 3.16. The summed E-state index contributed by atoms with van der Waals surface area (Å²) in [5.74, 6) is 0.784. The zero-order chi connectivity index (χ0) is 9.68. The first-order chi connectivity index (χ1) is 6.26. The Bertz CT molecular complexity index is 255. The highest BCUT2D eigenvalue weighted by atomic mass is 14.8. The van der Waals surface area contributed by atoms with Crippen molar-refractivity contribution in [3.8, 4) is 0 Å². The van der Waals surface area contributed by atoms with Crippen molar-refractivity contribution in [1.82, 2.24) is 0 Å². The molecule has 0 saturated heterocycles. The maximum atomic E-state index is 3.16. The van der Waals surface area contributed by atoms with Crippen LogP contribution in [-0.2, 0) is 6.42 Å². The summed E-state index contributed by atoms with van der Waals surface area (Å²) >= 11 is 0. The summed E-state index contributed by atoms with van der Waals surface area (Å²) in [6.07, 6.45) is 2.44. The van der Waals surface area contributed by atoms with Crippen molar-refractivity contribution in [2.75, 3.05) is 12.4 Å². The van der Waals surface area contributed by atoms with Crippen molar-refractivity contribution < 1.29 is 0 Å². The summed E-state index contributed by atoms with van der Waals surface area (Å²) in [7, 11) is 1.96. The highest BCUT2D eigenvalue weighted by Gasteiger charge is 2.00. The third kappa shape index (κ3) is 3.10. The van der Waals surface area contributed by atoms with Crippen molar-refractivity contribution in [1.29, 1.82) is 0 Å². The van der Waals surface area contributed by atoms with E-state index in [1.165, 1.54) is 24.1 Å². The number of hydrogen-bond donors (Lipinski definition) is 1. The van der Waals surface area contributed by atoms with Crippen LogP contribution < -0.4 is 5.32 Å². The summed E-state index contributed by atoms with van der Waals surface area (Å²) in [6, 6.07) is 8.64. The molecular formula is C12H19N. The summed E-state index contributed by atoms with van der Waals surface area (Å²) in [6.45, 7) is 4.54. The number of anilines is 1. The number of rotatable bonds is 4. The molecule has 0 bridgehead atoms. The van der Waals surface area contributed by atoms with E-state index in [-0.39, 0.29) is 0 Å². The molecule has 0 aliphatic heterocycles. The van der Waals surface area contributed by atoms with Crippen LogP contribution in [0.5, 0.6) is 0 Å². The molecule has 1 atom stereocenters. The highest BCUT2D eigenvalue weighted by Crippen LogP contribution is 2.15. The van der Waals surface area contributed by atoms with Gasteiger partial charge in [-0.1, -0.05) is 32.4 Å². The largest absolute Gasteiger partial charge is 0.388 e. The second-order valence-electron chi connectivity index (χ2n) is 3.67. The topological polar surface area (TPSA) is 12.0 Å². The van der Waals surface area contributed by atoms with Crippen LogP contribution in [0.25, 0.3) is 0 Å². The van der Waals surface area contributed by atoms with E-state index in [9.17, 15) is 0 Å². The van der Waals surface area contributed by atoms with E-state index >= 15 is 0 Å². The monoisotopic (exact) mass is 177 g/mol. The maximum Gasteiger partial charge on any atom is 0.0340 e. The zero-order valence-corrected chi connectivity index (χ0v) is 8.80. The molecule has 1 aromatic carbocycles. The summed E-state index contributed by atoms with van der Waals surface area (Å²) in [5.41, 5.74) is 2.64. The third-order valence-electron chi connectivity index (χ3n) is 2.50. The molecule has 0 amide bonds. The summed E-state index contributed by atoms with van der Waals surface area (Å²) in [5, 5.41) is 3.16. The smallest absolute Gasteiger partial charge is 0.0340 e. The summed E-state index contributed by atoms with van der Waals surface area (Å²) < 4.78 is 0. The van der Waals surface area contributed by atoms with Crippen molar-refractivity contribution in [3.63, 3.8) is 0 Å². The van der Waals surface area contributed by atoms with E-state index in [2.05, 4.69) is 43.4 Å². The van der Waals surface area contributed by atoms with Crippen molar-refractivity contribution in [3.05, 3.63) is 29.8 Å². The van der Waals surface area contributed by atoms with Crippen LogP contribution in [0.15, 0.2) is 24.3 Å². The molecule has 72 valence electrons. The van der Waals surface area contributed by atoms with Crippen LogP contribution in [0, 0.1) is 5.92 Å². The normalized spacial score (nSPS) is 12.5. The highest BCUT2D eigenvalue weighted by molar-refractivity contribution is 5.45. The molecule has 1 unspecified atom stereocenters. The van der Waals surface area contributed by atoms with E-state index in [0.29, 0.717) is 0 Å². The van der Waals surface area contributed by atoms with E-state index < -0.39 is 0 Å². The second-order valence-corrected chi connectivity index (χ2v) is 3.67. The van der Waals surface area contributed by atoms with Crippen molar-refractivity contribution >= 4 is 5.69 Å². The van der Waals surface area contributed by atoms with Crippen LogP contribution in [0.4, 0.5) is 5.69 Å². The average molecular weight is 177 g/mol. The lowest BCUT2D eigenvalue weighted by Gasteiger charge is -2.09. The van der Waals surface area contributed by atoms with E-state index in [4.69, 9.17) is 0 Å². The second kappa shape index (κ2) is 4.90. The van der Waals surface area contributed by atoms with Gasteiger partial charge in [0.2, 0.25) is 0 Å². The Balaban J connectivity index is 2.66. The number of nitrogens with one attached hydrogen (secondary N) is 1. The molecule has 1 rings (SSSR count). The molecule has 0 heterocycles. The van der Waals surface area contributed by atoms with Crippen LogP contribution in [0.1, 0.15) is 25.8 Å². The molecule has 0 aliphatic rings. The van der Waals surface area contributed by atoms with Crippen molar-refractivity contribution in [2.45, 2.75) is 26.7 Å². The SMILES string of the molecule is CCC(C)Cc1cccc(NC)c1. The van der Waals surface area contributed by atoms with E-state index in [1.54, 1.807) is 0 Å². The lowest BCUT2D eigenvalue weighted by Crippen LogP contribution is -1.98. The zero-order valence-electron chi connectivity index (χ0n) is 8.80. The van der Waals surface area contributed by atoms with Crippen molar-refractivity contribution in [2.24, 2.45) is 5.92 Å². The predicted octanol–water partition coefficient (Wildman–Crippen LogP) is 3.32. The third-order valence-corrected chi connectivity index (χ3v) is 2.50. The molecule has 0 radical (unpaired) electrons. The minimum atomic E-state index is 0.784. The molecule has 13 heavy (non-hydrogen) atoms. The fraction of sp³-hybridized carbons (Fsp3) is 0.500. The van der Waals surface area contributed by atoms with Gasteiger partial charge in [0.05, 0.1) is 0 Å². The van der Waals surface area contributed by atoms with Gasteiger partial charge in [0, 0.05) is 12.7 Å². The molecule has 0 saturated carbocycles. The minimum absolute atomic E-state index is 0.784. The van der Waals surface area contributed by atoms with Gasteiger partial charge in [-0.15, -0.1) is 0 Å². The van der Waals surface area contributed by atoms with Crippen LogP contribution in [-0.4, -0.2) is 7.05 Å². The van der Waals surface area contributed by atoms with Gasteiger partial charge < -0.3 is 5.32 Å². The molecule has 0 spiro atoms. The molecule has 1 nitrogen and oxygen atoms in total. The summed E-state index contributed by atoms with van der Waals surface area (Å²) in [4.78, 5) is 0. The molecule has 1 aromatic rings.